The SMILES string of the molecule is CC1=CC[C@H](NC(=O)Nc2ccc3ccc(=O)n(C)c3c2)CC1. The van der Waals surface area contributed by atoms with Crippen LogP contribution in [0.4, 0.5) is 10.5 Å². The van der Waals surface area contributed by atoms with Crippen molar-refractivity contribution in [1.29, 1.82) is 0 Å². The number of hydrogen-bond donors (Lipinski definition) is 2. The summed E-state index contributed by atoms with van der Waals surface area (Å²) in [5.41, 5.74) is 2.80. The second-order valence-electron chi connectivity index (χ2n) is 6.12. The van der Waals surface area contributed by atoms with E-state index in [1.807, 2.05) is 18.2 Å². The van der Waals surface area contributed by atoms with Crippen molar-refractivity contribution in [3.05, 3.63) is 52.3 Å². The van der Waals surface area contributed by atoms with Gasteiger partial charge in [-0.25, -0.2) is 4.79 Å². The molecule has 0 radical (unpaired) electrons. The molecule has 2 aromatic rings. The first-order valence-corrected chi connectivity index (χ1v) is 7.86. The number of allylic oxidation sites excluding steroid dienone is 1. The predicted molar refractivity (Wildman–Crippen MR) is 92.7 cm³/mol. The lowest BCUT2D eigenvalue weighted by Crippen LogP contribution is -2.38. The van der Waals surface area contributed by atoms with E-state index < -0.39 is 0 Å². The van der Waals surface area contributed by atoms with Crippen molar-refractivity contribution in [3.8, 4) is 0 Å². The third-order valence-corrected chi connectivity index (χ3v) is 4.36. The van der Waals surface area contributed by atoms with E-state index in [0.717, 1.165) is 30.2 Å². The Labute approximate surface area is 135 Å². The summed E-state index contributed by atoms with van der Waals surface area (Å²) in [5, 5.41) is 6.82. The molecule has 2 N–H and O–H groups in total. The molecule has 0 unspecified atom stereocenters. The fraction of sp³-hybridized carbons (Fsp3) is 0.333. The maximum atomic E-state index is 12.1. The summed E-state index contributed by atoms with van der Waals surface area (Å²) < 4.78 is 1.58. The summed E-state index contributed by atoms with van der Waals surface area (Å²) in [5.74, 6) is 0. The fourth-order valence-corrected chi connectivity index (χ4v) is 2.89. The molecule has 1 heterocycles. The second-order valence-corrected chi connectivity index (χ2v) is 6.12. The molecule has 5 heteroatoms. The molecule has 1 atom stereocenters. The molecule has 1 aliphatic carbocycles. The van der Waals surface area contributed by atoms with Gasteiger partial charge in [-0.15, -0.1) is 0 Å². The summed E-state index contributed by atoms with van der Waals surface area (Å²) in [6.07, 6.45) is 5.07. The molecule has 0 saturated heterocycles. The first-order valence-electron chi connectivity index (χ1n) is 7.86. The lowest BCUT2D eigenvalue weighted by molar-refractivity contribution is 0.247. The summed E-state index contributed by atoms with van der Waals surface area (Å²) >= 11 is 0. The van der Waals surface area contributed by atoms with Crippen molar-refractivity contribution < 1.29 is 4.79 Å². The second kappa shape index (κ2) is 6.28. The highest BCUT2D eigenvalue weighted by Crippen LogP contribution is 2.19. The highest BCUT2D eigenvalue weighted by molar-refractivity contribution is 5.92. The van der Waals surface area contributed by atoms with Gasteiger partial charge in [0.05, 0.1) is 5.52 Å². The van der Waals surface area contributed by atoms with E-state index in [9.17, 15) is 9.59 Å². The van der Waals surface area contributed by atoms with Gasteiger partial charge in [-0.3, -0.25) is 4.79 Å². The van der Waals surface area contributed by atoms with Crippen LogP contribution in [0.5, 0.6) is 0 Å². The third-order valence-electron chi connectivity index (χ3n) is 4.36. The zero-order valence-electron chi connectivity index (χ0n) is 13.4. The smallest absolute Gasteiger partial charge is 0.319 e. The Hall–Kier alpha value is -2.56. The van der Waals surface area contributed by atoms with Crippen LogP contribution in [0.25, 0.3) is 10.9 Å². The van der Waals surface area contributed by atoms with Crippen LogP contribution in [0.3, 0.4) is 0 Å². The molecular weight excluding hydrogens is 290 g/mol. The van der Waals surface area contributed by atoms with Gasteiger partial charge in [0, 0.05) is 24.8 Å². The number of carbonyl (C=O) groups excluding carboxylic acids is 1. The van der Waals surface area contributed by atoms with E-state index in [1.165, 1.54) is 5.57 Å². The number of fused-ring (bicyclic) bond motifs is 1. The molecule has 0 aliphatic heterocycles. The van der Waals surface area contributed by atoms with Gasteiger partial charge in [-0.05, 0) is 49.8 Å². The van der Waals surface area contributed by atoms with E-state index >= 15 is 0 Å². The quantitative estimate of drug-likeness (QED) is 0.837. The Bertz CT molecular complexity index is 836. The number of aryl methyl sites for hydroxylation is 1. The van der Waals surface area contributed by atoms with E-state index in [2.05, 4.69) is 23.6 Å². The van der Waals surface area contributed by atoms with Gasteiger partial charge in [0.2, 0.25) is 0 Å². The molecule has 1 aromatic heterocycles. The molecule has 23 heavy (non-hydrogen) atoms. The zero-order valence-corrected chi connectivity index (χ0v) is 13.4. The number of carbonyl (C=O) groups is 1. The molecule has 1 aromatic carbocycles. The maximum Gasteiger partial charge on any atom is 0.319 e. The van der Waals surface area contributed by atoms with Gasteiger partial charge < -0.3 is 15.2 Å². The fourth-order valence-electron chi connectivity index (χ4n) is 2.89. The summed E-state index contributed by atoms with van der Waals surface area (Å²) in [6.45, 7) is 2.12. The normalized spacial score (nSPS) is 17.7. The van der Waals surface area contributed by atoms with E-state index in [-0.39, 0.29) is 17.6 Å². The van der Waals surface area contributed by atoms with Gasteiger partial charge in [-0.1, -0.05) is 17.7 Å². The summed E-state index contributed by atoms with van der Waals surface area (Å²) in [6, 6.07) is 8.88. The van der Waals surface area contributed by atoms with Crippen LogP contribution < -0.4 is 16.2 Å². The molecule has 5 nitrogen and oxygen atoms in total. The van der Waals surface area contributed by atoms with E-state index in [4.69, 9.17) is 0 Å². The van der Waals surface area contributed by atoms with Gasteiger partial charge in [0.1, 0.15) is 0 Å². The van der Waals surface area contributed by atoms with Crippen molar-refractivity contribution in [2.45, 2.75) is 32.2 Å². The topological polar surface area (TPSA) is 63.1 Å². The largest absolute Gasteiger partial charge is 0.335 e. The van der Waals surface area contributed by atoms with E-state index in [0.29, 0.717) is 5.69 Å². The van der Waals surface area contributed by atoms with Crippen LogP contribution in [-0.4, -0.2) is 16.6 Å². The van der Waals surface area contributed by atoms with Crippen molar-refractivity contribution in [2.24, 2.45) is 7.05 Å². The number of nitrogens with one attached hydrogen (secondary N) is 2. The number of urea groups is 1. The van der Waals surface area contributed by atoms with E-state index in [1.54, 1.807) is 23.7 Å². The standard InChI is InChI=1S/C18H21N3O2/c1-12-3-7-14(8-4-12)19-18(23)20-15-9-5-13-6-10-17(22)21(2)16(13)11-15/h3,5-6,9-11,14H,4,7-8H2,1-2H3,(H2,19,20,23)/t14-/m0/s1. The summed E-state index contributed by atoms with van der Waals surface area (Å²) in [4.78, 5) is 23.9. The maximum absolute atomic E-state index is 12.1. The molecule has 0 spiro atoms. The molecule has 1 aliphatic rings. The molecule has 2 amide bonds. The summed E-state index contributed by atoms with van der Waals surface area (Å²) in [7, 11) is 1.73. The Morgan fingerprint density at radius 2 is 2.04 bits per heavy atom. The van der Waals surface area contributed by atoms with Crippen molar-refractivity contribution in [1.82, 2.24) is 9.88 Å². The molecule has 3 rings (SSSR count). The number of pyridine rings is 1. The highest BCUT2D eigenvalue weighted by atomic mass is 16.2. The molecule has 120 valence electrons. The molecule has 0 saturated carbocycles. The number of benzene rings is 1. The molecule has 0 bridgehead atoms. The minimum Gasteiger partial charge on any atom is -0.335 e. The monoisotopic (exact) mass is 311 g/mol. The average Bonchev–Trinajstić information content (AvgIpc) is 2.53. The Morgan fingerprint density at radius 3 is 2.78 bits per heavy atom. The number of nitrogens with zero attached hydrogens (tertiary/aromatic N) is 1. The first kappa shape index (κ1) is 15.3. The molecule has 0 fully saturated rings. The predicted octanol–water partition coefficient (Wildman–Crippen LogP) is 3.16. The van der Waals surface area contributed by atoms with Gasteiger partial charge in [-0.2, -0.15) is 0 Å². The lowest BCUT2D eigenvalue weighted by Gasteiger charge is -2.22. The zero-order chi connectivity index (χ0) is 16.4. The van der Waals surface area contributed by atoms with Crippen molar-refractivity contribution in [2.75, 3.05) is 5.32 Å². The third kappa shape index (κ3) is 3.44. The van der Waals surface area contributed by atoms with Gasteiger partial charge >= 0.3 is 6.03 Å². The Balaban J connectivity index is 1.72. The van der Waals surface area contributed by atoms with Crippen molar-refractivity contribution >= 4 is 22.6 Å². The number of anilines is 1. The van der Waals surface area contributed by atoms with Crippen LogP contribution >= 0.6 is 0 Å². The number of amides is 2. The van der Waals surface area contributed by atoms with Gasteiger partial charge in [0.15, 0.2) is 0 Å². The van der Waals surface area contributed by atoms with Gasteiger partial charge in [0.25, 0.3) is 5.56 Å². The van der Waals surface area contributed by atoms with Crippen LogP contribution in [0.2, 0.25) is 0 Å². The van der Waals surface area contributed by atoms with Crippen LogP contribution in [0, 0.1) is 0 Å². The minimum absolute atomic E-state index is 0.0662. The number of hydrogen-bond acceptors (Lipinski definition) is 2. The highest BCUT2D eigenvalue weighted by Gasteiger charge is 2.15. The minimum atomic E-state index is -0.205. The Kier molecular flexibility index (Phi) is 4.19. The van der Waals surface area contributed by atoms with Crippen LogP contribution in [0.15, 0.2) is 46.8 Å². The molecular formula is C18H21N3O2. The number of rotatable bonds is 2. The average molecular weight is 311 g/mol. The number of aromatic nitrogens is 1. The first-order chi connectivity index (χ1) is 11.0. The van der Waals surface area contributed by atoms with Crippen LogP contribution in [-0.2, 0) is 7.05 Å². The van der Waals surface area contributed by atoms with Crippen LogP contribution in [0.1, 0.15) is 26.2 Å². The lowest BCUT2D eigenvalue weighted by atomic mass is 9.96. The van der Waals surface area contributed by atoms with Crippen molar-refractivity contribution in [3.63, 3.8) is 0 Å². The Morgan fingerprint density at radius 1 is 1.26 bits per heavy atom.